The van der Waals surface area contributed by atoms with Crippen molar-refractivity contribution >= 4 is 5.57 Å². The lowest BCUT2D eigenvalue weighted by Gasteiger charge is -2.09. The molecule has 0 bridgehead atoms. The summed E-state index contributed by atoms with van der Waals surface area (Å²) < 4.78 is 0. The molecule has 2 aromatic carbocycles. The minimum Gasteiger partial charge on any atom is -0.507 e. The van der Waals surface area contributed by atoms with Crippen LogP contribution >= 0.6 is 0 Å². The molecule has 0 aliphatic carbocycles. The highest BCUT2D eigenvalue weighted by Gasteiger charge is 2.08. The Labute approximate surface area is 107 Å². The number of aromatic hydroxyl groups is 1. The van der Waals surface area contributed by atoms with E-state index in [4.69, 9.17) is 6.42 Å². The van der Waals surface area contributed by atoms with Gasteiger partial charge < -0.3 is 5.11 Å². The Morgan fingerprint density at radius 2 is 1.83 bits per heavy atom. The molecule has 0 spiro atoms. The molecule has 18 heavy (non-hydrogen) atoms. The third-order valence-electron chi connectivity index (χ3n) is 2.89. The molecular weight excluding hydrogens is 220 g/mol. The molecule has 2 aromatic rings. The molecule has 0 amide bonds. The molecule has 0 saturated carbocycles. The van der Waals surface area contributed by atoms with Gasteiger partial charge in [-0.05, 0) is 36.3 Å². The number of phenols is 1. The van der Waals surface area contributed by atoms with E-state index in [-0.39, 0.29) is 5.75 Å². The van der Waals surface area contributed by atoms with Crippen LogP contribution in [-0.2, 0) is 0 Å². The second-order valence-electron chi connectivity index (χ2n) is 4.22. The minimum atomic E-state index is 0.194. The number of phenolic OH excluding ortho intramolecular Hbond substituents is 1. The van der Waals surface area contributed by atoms with Gasteiger partial charge in [-0.3, -0.25) is 0 Å². The predicted octanol–water partition coefficient (Wildman–Crippen LogP) is 3.74. The monoisotopic (exact) mass is 234 g/mol. The van der Waals surface area contributed by atoms with E-state index in [0.29, 0.717) is 5.56 Å². The van der Waals surface area contributed by atoms with Gasteiger partial charge in [0.2, 0.25) is 0 Å². The van der Waals surface area contributed by atoms with Crippen LogP contribution in [0.25, 0.3) is 5.57 Å². The van der Waals surface area contributed by atoms with Gasteiger partial charge in [-0.1, -0.05) is 42.3 Å². The number of benzene rings is 2. The Bertz CT molecular complexity index is 628. The maximum absolute atomic E-state index is 9.89. The predicted molar refractivity (Wildman–Crippen MR) is 75.4 cm³/mol. The number of hydrogen-bond donors (Lipinski definition) is 1. The molecule has 0 atom stereocenters. The van der Waals surface area contributed by atoms with E-state index in [0.717, 1.165) is 16.7 Å². The van der Waals surface area contributed by atoms with Crippen molar-refractivity contribution in [3.63, 3.8) is 0 Å². The van der Waals surface area contributed by atoms with Gasteiger partial charge in [0.25, 0.3) is 0 Å². The lowest BCUT2D eigenvalue weighted by atomic mass is 9.96. The first-order valence-electron chi connectivity index (χ1n) is 5.68. The summed E-state index contributed by atoms with van der Waals surface area (Å²) in [6.45, 7) is 6.06. The molecule has 2 rings (SSSR count). The first-order chi connectivity index (χ1) is 8.61. The van der Waals surface area contributed by atoms with Crippen molar-refractivity contribution in [1.82, 2.24) is 0 Å². The molecule has 1 heteroatoms. The Balaban J connectivity index is 2.46. The lowest BCUT2D eigenvalue weighted by molar-refractivity contribution is 0.473. The van der Waals surface area contributed by atoms with Crippen molar-refractivity contribution in [2.24, 2.45) is 0 Å². The van der Waals surface area contributed by atoms with Crippen molar-refractivity contribution in [2.45, 2.75) is 6.92 Å². The molecule has 0 saturated heterocycles. The van der Waals surface area contributed by atoms with Crippen LogP contribution < -0.4 is 0 Å². The Hall–Kier alpha value is -2.46. The number of aryl methyl sites for hydroxylation is 1. The number of rotatable bonds is 2. The summed E-state index contributed by atoms with van der Waals surface area (Å²) in [6, 6.07) is 13.1. The average Bonchev–Trinajstić information content (AvgIpc) is 2.39. The molecule has 0 aliphatic rings. The maximum atomic E-state index is 9.89. The van der Waals surface area contributed by atoms with Gasteiger partial charge in [0.15, 0.2) is 0 Å². The standard InChI is InChI=1S/C17H14O/c1-4-14-7-10-17(18)16(11-14)13(3)15-8-5-12(2)6-9-15/h1,5-11,18H,3H2,2H3. The normalized spacial score (nSPS) is 9.78. The zero-order valence-corrected chi connectivity index (χ0v) is 10.3. The van der Waals surface area contributed by atoms with Crippen molar-refractivity contribution < 1.29 is 5.11 Å². The van der Waals surface area contributed by atoms with Crippen molar-refractivity contribution in [2.75, 3.05) is 0 Å². The number of terminal acetylenes is 1. The van der Waals surface area contributed by atoms with E-state index >= 15 is 0 Å². The van der Waals surface area contributed by atoms with Gasteiger partial charge in [0, 0.05) is 11.1 Å². The Morgan fingerprint density at radius 1 is 1.17 bits per heavy atom. The molecule has 0 aliphatic heterocycles. The van der Waals surface area contributed by atoms with Gasteiger partial charge >= 0.3 is 0 Å². The quantitative estimate of drug-likeness (QED) is 0.785. The summed E-state index contributed by atoms with van der Waals surface area (Å²) in [4.78, 5) is 0. The molecule has 0 unspecified atom stereocenters. The molecule has 0 fully saturated rings. The zero-order valence-electron chi connectivity index (χ0n) is 10.3. The van der Waals surface area contributed by atoms with Crippen LogP contribution in [0.5, 0.6) is 5.75 Å². The smallest absolute Gasteiger partial charge is 0.123 e. The molecule has 88 valence electrons. The fourth-order valence-electron chi connectivity index (χ4n) is 1.78. The molecule has 0 aromatic heterocycles. The topological polar surface area (TPSA) is 20.2 Å². The summed E-state index contributed by atoms with van der Waals surface area (Å²) >= 11 is 0. The summed E-state index contributed by atoms with van der Waals surface area (Å²) in [6.07, 6.45) is 5.37. The van der Waals surface area contributed by atoms with Gasteiger partial charge in [-0.15, -0.1) is 6.42 Å². The largest absolute Gasteiger partial charge is 0.507 e. The zero-order chi connectivity index (χ0) is 13.1. The van der Waals surface area contributed by atoms with Crippen LogP contribution in [-0.4, -0.2) is 5.11 Å². The van der Waals surface area contributed by atoms with Crippen molar-refractivity contribution in [3.8, 4) is 18.1 Å². The number of hydrogen-bond acceptors (Lipinski definition) is 1. The van der Waals surface area contributed by atoms with E-state index < -0.39 is 0 Å². The van der Waals surface area contributed by atoms with E-state index in [1.165, 1.54) is 5.56 Å². The summed E-state index contributed by atoms with van der Waals surface area (Å²) in [5, 5.41) is 9.89. The summed E-state index contributed by atoms with van der Waals surface area (Å²) in [7, 11) is 0. The van der Waals surface area contributed by atoms with Crippen molar-refractivity contribution in [3.05, 3.63) is 71.3 Å². The maximum Gasteiger partial charge on any atom is 0.123 e. The van der Waals surface area contributed by atoms with Crippen LogP contribution in [0.15, 0.2) is 49.0 Å². The summed E-state index contributed by atoms with van der Waals surface area (Å²) in [5.41, 5.74) is 4.34. The average molecular weight is 234 g/mol. The minimum absolute atomic E-state index is 0.194. The van der Waals surface area contributed by atoms with E-state index in [1.807, 2.05) is 31.2 Å². The molecular formula is C17H14O. The van der Waals surface area contributed by atoms with Crippen molar-refractivity contribution in [1.29, 1.82) is 0 Å². The first kappa shape index (κ1) is 12.0. The fourth-order valence-corrected chi connectivity index (χ4v) is 1.78. The van der Waals surface area contributed by atoms with Crippen LogP contribution in [0.3, 0.4) is 0 Å². The lowest BCUT2D eigenvalue weighted by Crippen LogP contribution is -1.89. The second-order valence-corrected chi connectivity index (χ2v) is 4.22. The molecule has 0 radical (unpaired) electrons. The highest BCUT2D eigenvalue weighted by Crippen LogP contribution is 2.29. The first-order valence-corrected chi connectivity index (χ1v) is 5.68. The third-order valence-corrected chi connectivity index (χ3v) is 2.89. The Kier molecular flexibility index (Phi) is 3.21. The molecule has 0 heterocycles. The molecule has 1 N–H and O–H groups in total. The highest BCUT2D eigenvalue weighted by atomic mass is 16.3. The summed E-state index contributed by atoms with van der Waals surface area (Å²) in [5.74, 6) is 2.75. The Morgan fingerprint density at radius 3 is 2.44 bits per heavy atom. The van der Waals surface area contributed by atoms with Crippen LogP contribution in [0.2, 0.25) is 0 Å². The van der Waals surface area contributed by atoms with Crippen LogP contribution in [0.1, 0.15) is 22.3 Å². The second kappa shape index (κ2) is 4.81. The van der Waals surface area contributed by atoms with Gasteiger partial charge in [-0.2, -0.15) is 0 Å². The van der Waals surface area contributed by atoms with E-state index in [1.54, 1.807) is 18.2 Å². The van der Waals surface area contributed by atoms with E-state index in [2.05, 4.69) is 12.5 Å². The van der Waals surface area contributed by atoms with Crippen LogP contribution in [0, 0.1) is 19.3 Å². The van der Waals surface area contributed by atoms with Gasteiger partial charge in [0.05, 0.1) is 0 Å². The van der Waals surface area contributed by atoms with Crippen LogP contribution in [0.4, 0.5) is 0 Å². The molecule has 1 nitrogen and oxygen atoms in total. The highest BCUT2D eigenvalue weighted by molar-refractivity contribution is 5.81. The fraction of sp³-hybridized carbons (Fsp3) is 0.0588. The van der Waals surface area contributed by atoms with Gasteiger partial charge in [-0.25, -0.2) is 0 Å². The third kappa shape index (κ3) is 2.28. The van der Waals surface area contributed by atoms with E-state index in [9.17, 15) is 5.11 Å². The SMILES string of the molecule is C#Cc1ccc(O)c(C(=C)c2ccc(C)cc2)c1. The van der Waals surface area contributed by atoms with Gasteiger partial charge in [0.1, 0.15) is 5.75 Å².